The zero-order valence-corrected chi connectivity index (χ0v) is 19.3. The topological polar surface area (TPSA) is 49.9 Å². The molecule has 30 heavy (non-hydrogen) atoms. The van der Waals surface area contributed by atoms with Crippen LogP contribution in [0, 0.1) is 0 Å². The number of halogens is 2. The lowest BCUT2D eigenvalue weighted by Gasteiger charge is -2.22. The number of anilines is 1. The summed E-state index contributed by atoms with van der Waals surface area (Å²) >= 11 is 13.0. The minimum atomic E-state index is -0.356. The smallest absolute Gasteiger partial charge is 0.293 e. The van der Waals surface area contributed by atoms with Gasteiger partial charge in [-0.1, -0.05) is 29.3 Å². The largest absolute Gasteiger partial charge is 0.496 e. The van der Waals surface area contributed by atoms with Crippen LogP contribution in [0.4, 0.5) is 10.5 Å². The number of methoxy groups -OCH3 is 1. The number of ether oxygens (including phenoxy) is 1. The number of hydrogen-bond acceptors (Lipinski definition) is 5. The Hall–Kier alpha value is -2.15. The van der Waals surface area contributed by atoms with Crippen LogP contribution in [0.3, 0.4) is 0 Å². The molecule has 0 saturated carbocycles. The summed E-state index contributed by atoms with van der Waals surface area (Å²) in [4.78, 5) is 29.1. The molecule has 3 rings (SSSR count). The van der Waals surface area contributed by atoms with Crippen LogP contribution >= 0.6 is 35.0 Å². The lowest BCUT2D eigenvalue weighted by molar-refractivity contribution is -0.123. The van der Waals surface area contributed by atoms with Crippen molar-refractivity contribution in [1.82, 2.24) is 4.90 Å². The maximum atomic E-state index is 12.9. The minimum Gasteiger partial charge on any atom is -0.496 e. The van der Waals surface area contributed by atoms with Gasteiger partial charge in [0.05, 0.1) is 18.6 Å². The van der Waals surface area contributed by atoms with E-state index in [9.17, 15) is 9.59 Å². The summed E-state index contributed by atoms with van der Waals surface area (Å²) in [7, 11) is 1.59. The quantitative estimate of drug-likeness (QED) is 0.464. The summed E-state index contributed by atoms with van der Waals surface area (Å²) in [5.74, 6) is 0.290. The fraction of sp³-hybridized carbons (Fsp3) is 0.273. The van der Waals surface area contributed by atoms with E-state index in [1.54, 1.807) is 31.4 Å². The number of imide groups is 1. The molecule has 158 valence electrons. The number of carbonyl (C=O) groups is 2. The number of carbonyl (C=O) groups excluding carboxylic acids is 2. The highest BCUT2D eigenvalue weighted by atomic mass is 35.5. The highest BCUT2D eigenvalue weighted by molar-refractivity contribution is 8.18. The Kier molecular flexibility index (Phi) is 7.34. The summed E-state index contributed by atoms with van der Waals surface area (Å²) in [6.07, 6.45) is 1.69. The van der Waals surface area contributed by atoms with Crippen LogP contribution < -0.4 is 9.64 Å². The van der Waals surface area contributed by atoms with E-state index < -0.39 is 0 Å². The Morgan fingerprint density at radius 2 is 1.83 bits per heavy atom. The average molecular weight is 465 g/mol. The SMILES string of the molecule is CCN(CC)c1ccc(/C=C2\SC(=O)N(Cc3ccc(Cl)cc3Cl)C2=O)c(OC)c1. The molecule has 0 aromatic heterocycles. The number of benzene rings is 2. The predicted molar refractivity (Wildman–Crippen MR) is 125 cm³/mol. The van der Waals surface area contributed by atoms with Crippen molar-refractivity contribution in [3.05, 3.63) is 62.5 Å². The zero-order chi connectivity index (χ0) is 21.8. The van der Waals surface area contributed by atoms with Crippen molar-refractivity contribution in [2.45, 2.75) is 20.4 Å². The molecule has 8 heteroatoms. The van der Waals surface area contributed by atoms with E-state index >= 15 is 0 Å². The third-order valence-electron chi connectivity index (χ3n) is 4.85. The van der Waals surface area contributed by atoms with Gasteiger partial charge >= 0.3 is 0 Å². The second-order valence-electron chi connectivity index (χ2n) is 6.60. The number of thioether (sulfide) groups is 1. The first-order valence-corrected chi connectivity index (χ1v) is 11.1. The average Bonchev–Trinajstić information content (AvgIpc) is 2.99. The highest BCUT2D eigenvalue weighted by Gasteiger charge is 2.35. The fourth-order valence-corrected chi connectivity index (χ4v) is 4.50. The zero-order valence-electron chi connectivity index (χ0n) is 16.9. The maximum absolute atomic E-state index is 12.9. The van der Waals surface area contributed by atoms with Crippen LogP contribution in [-0.4, -0.2) is 36.2 Å². The fourth-order valence-electron chi connectivity index (χ4n) is 3.20. The monoisotopic (exact) mass is 464 g/mol. The van der Waals surface area contributed by atoms with E-state index in [0.29, 0.717) is 26.3 Å². The molecule has 0 aliphatic carbocycles. The van der Waals surface area contributed by atoms with E-state index in [1.165, 1.54) is 4.90 Å². The summed E-state index contributed by atoms with van der Waals surface area (Å²) in [5, 5.41) is 0.577. The van der Waals surface area contributed by atoms with E-state index in [0.717, 1.165) is 36.1 Å². The lowest BCUT2D eigenvalue weighted by atomic mass is 10.1. The molecule has 0 bridgehead atoms. The second kappa shape index (κ2) is 9.77. The van der Waals surface area contributed by atoms with E-state index in [2.05, 4.69) is 18.7 Å². The molecule has 0 N–H and O–H groups in total. The molecule has 0 spiro atoms. The Bertz CT molecular complexity index is 1010. The van der Waals surface area contributed by atoms with E-state index in [4.69, 9.17) is 27.9 Å². The third kappa shape index (κ3) is 4.77. The van der Waals surface area contributed by atoms with Crippen LogP contribution in [0.5, 0.6) is 5.75 Å². The van der Waals surface area contributed by atoms with Gasteiger partial charge < -0.3 is 9.64 Å². The van der Waals surface area contributed by atoms with Gasteiger partial charge in [-0.25, -0.2) is 0 Å². The summed E-state index contributed by atoms with van der Waals surface area (Å²) in [6, 6.07) is 10.8. The molecule has 2 amide bonds. The van der Waals surface area contributed by atoms with Crippen LogP contribution in [0.15, 0.2) is 41.3 Å². The van der Waals surface area contributed by atoms with Gasteiger partial charge in [-0.2, -0.15) is 0 Å². The first-order valence-electron chi connectivity index (χ1n) is 9.50. The number of rotatable bonds is 7. The van der Waals surface area contributed by atoms with Gasteiger partial charge in [0, 0.05) is 40.5 Å². The van der Waals surface area contributed by atoms with Crippen LogP contribution in [0.1, 0.15) is 25.0 Å². The summed E-state index contributed by atoms with van der Waals surface area (Å²) in [5.41, 5.74) is 2.44. The minimum absolute atomic E-state index is 0.0933. The molecule has 2 aromatic rings. The molecule has 1 heterocycles. The molecule has 1 fully saturated rings. The Balaban J connectivity index is 1.86. The van der Waals surface area contributed by atoms with Crippen molar-refractivity contribution < 1.29 is 14.3 Å². The second-order valence-corrected chi connectivity index (χ2v) is 8.44. The molecule has 1 saturated heterocycles. The van der Waals surface area contributed by atoms with Crippen molar-refractivity contribution in [2.24, 2.45) is 0 Å². The highest BCUT2D eigenvalue weighted by Crippen LogP contribution is 2.36. The molecule has 1 aliphatic rings. The molecular weight excluding hydrogens is 443 g/mol. The van der Waals surface area contributed by atoms with Gasteiger partial charge in [0.25, 0.3) is 11.1 Å². The Morgan fingerprint density at radius 3 is 2.47 bits per heavy atom. The molecule has 5 nitrogen and oxygen atoms in total. The van der Waals surface area contributed by atoms with Crippen molar-refractivity contribution in [3.63, 3.8) is 0 Å². The standard InChI is InChI=1S/C22H22Cl2N2O3S/c1-4-25(5-2)17-9-7-14(19(12-17)29-3)10-20-21(27)26(22(28)30-20)13-15-6-8-16(23)11-18(15)24/h6-12H,4-5,13H2,1-3H3/b20-10-. The van der Waals surface area contributed by atoms with Gasteiger partial charge in [0.2, 0.25) is 0 Å². The molecule has 0 radical (unpaired) electrons. The van der Waals surface area contributed by atoms with E-state index in [1.807, 2.05) is 18.2 Å². The van der Waals surface area contributed by atoms with Crippen LogP contribution in [0.2, 0.25) is 10.0 Å². The van der Waals surface area contributed by atoms with Crippen LogP contribution in [-0.2, 0) is 11.3 Å². The molecular formula is C22H22Cl2N2O3S. The number of amides is 2. The van der Waals surface area contributed by atoms with Gasteiger partial charge in [-0.3, -0.25) is 14.5 Å². The summed E-state index contributed by atoms with van der Waals surface area (Å²) < 4.78 is 5.53. The molecule has 2 aromatic carbocycles. The maximum Gasteiger partial charge on any atom is 0.293 e. The predicted octanol–water partition coefficient (Wildman–Crippen LogP) is 6.08. The molecule has 0 atom stereocenters. The molecule has 1 aliphatic heterocycles. The van der Waals surface area contributed by atoms with E-state index in [-0.39, 0.29) is 17.7 Å². The summed E-state index contributed by atoms with van der Waals surface area (Å²) in [6.45, 7) is 6.03. The number of hydrogen-bond donors (Lipinski definition) is 0. The van der Waals surface area contributed by atoms with Crippen molar-refractivity contribution >= 4 is 57.9 Å². The number of nitrogens with zero attached hydrogens (tertiary/aromatic N) is 2. The van der Waals surface area contributed by atoms with Crippen LogP contribution in [0.25, 0.3) is 6.08 Å². The normalized spacial score (nSPS) is 15.2. The Labute approximate surface area is 190 Å². The van der Waals surface area contributed by atoms with Gasteiger partial charge in [-0.15, -0.1) is 0 Å². The lowest BCUT2D eigenvalue weighted by Crippen LogP contribution is -2.27. The van der Waals surface area contributed by atoms with Gasteiger partial charge in [-0.05, 0) is 61.5 Å². The van der Waals surface area contributed by atoms with Crippen molar-refractivity contribution in [2.75, 3.05) is 25.1 Å². The Morgan fingerprint density at radius 1 is 1.10 bits per heavy atom. The van der Waals surface area contributed by atoms with Crippen molar-refractivity contribution in [1.29, 1.82) is 0 Å². The van der Waals surface area contributed by atoms with Crippen molar-refractivity contribution in [3.8, 4) is 5.75 Å². The third-order valence-corrected chi connectivity index (χ3v) is 6.34. The van der Waals surface area contributed by atoms with Gasteiger partial charge in [0.1, 0.15) is 5.75 Å². The first kappa shape index (κ1) is 22.5. The molecule has 0 unspecified atom stereocenters. The first-order chi connectivity index (χ1) is 14.4. The van der Waals surface area contributed by atoms with Gasteiger partial charge in [0.15, 0.2) is 0 Å².